The van der Waals surface area contributed by atoms with Crippen LogP contribution in [0, 0.1) is 12.8 Å². The smallest absolute Gasteiger partial charge is 0.227 e. The van der Waals surface area contributed by atoms with Gasteiger partial charge >= 0.3 is 0 Å². The van der Waals surface area contributed by atoms with Crippen molar-refractivity contribution in [2.24, 2.45) is 5.92 Å². The van der Waals surface area contributed by atoms with Gasteiger partial charge in [-0.15, -0.1) is 11.3 Å². The van der Waals surface area contributed by atoms with Gasteiger partial charge in [-0.3, -0.25) is 4.79 Å². The monoisotopic (exact) mass is 349 g/mol. The molecule has 1 saturated carbocycles. The average Bonchev–Trinajstić information content (AvgIpc) is 3.38. The number of carbonyl (C=O) groups is 1. The summed E-state index contributed by atoms with van der Waals surface area (Å²) in [7, 11) is 0. The van der Waals surface area contributed by atoms with E-state index >= 15 is 0 Å². The molecule has 0 unspecified atom stereocenters. The van der Waals surface area contributed by atoms with E-state index in [2.05, 4.69) is 34.7 Å². The molecule has 0 atom stereocenters. The number of amides is 1. The van der Waals surface area contributed by atoms with E-state index in [0.29, 0.717) is 0 Å². The zero-order chi connectivity index (χ0) is 17.2. The van der Waals surface area contributed by atoms with Gasteiger partial charge in [-0.1, -0.05) is 29.8 Å². The van der Waals surface area contributed by atoms with Crippen LogP contribution in [0.25, 0.3) is 11.3 Å². The largest absolute Gasteiger partial charge is 0.332 e. The Kier molecular flexibility index (Phi) is 4.24. The van der Waals surface area contributed by atoms with Crippen molar-refractivity contribution in [3.05, 3.63) is 59.5 Å². The van der Waals surface area contributed by atoms with E-state index in [-0.39, 0.29) is 11.8 Å². The summed E-state index contributed by atoms with van der Waals surface area (Å²) in [5.41, 5.74) is 5.08. The van der Waals surface area contributed by atoms with Gasteiger partial charge in [-0.05, 0) is 44.0 Å². The van der Waals surface area contributed by atoms with Gasteiger partial charge in [0.05, 0.1) is 5.69 Å². The first kappa shape index (κ1) is 15.8. The van der Waals surface area contributed by atoms with Gasteiger partial charge in [0.2, 0.25) is 5.91 Å². The lowest BCUT2D eigenvalue weighted by atomic mass is 10.1. The Bertz CT molecular complexity index is 880. The molecule has 126 valence electrons. The third kappa shape index (κ3) is 3.88. The van der Waals surface area contributed by atoms with Crippen molar-refractivity contribution in [3.63, 3.8) is 0 Å². The minimum Gasteiger partial charge on any atom is -0.332 e. The van der Waals surface area contributed by atoms with Crippen LogP contribution in [0.3, 0.4) is 0 Å². The fourth-order valence-corrected chi connectivity index (χ4v) is 3.28. The second-order valence-electron chi connectivity index (χ2n) is 6.37. The van der Waals surface area contributed by atoms with Crippen LogP contribution in [-0.4, -0.2) is 10.9 Å². The molecule has 2 aromatic carbocycles. The van der Waals surface area contributed by atoms with Crippen LogP contribution in [0.4, 0.5) is 16.5 Å². The van der Waals surface area contributed by atoms with Crippen molar-refractivity contribution in [2.45, 2.75) is 19.8 Å². The summed E-state index contributed by atoms with van der Waals surface area (Å²) in [6, 6.07) is 16.1. The van der Waals surface area contributed by atoms with Crippen molar-refractivity contribution in [1.82, 2.24) is 4.98 Å². The molecule has 1 fully saturated rings. The number of nitrogens with one attached hydrogen (secondary N) is 2. The highest BCUT2D eigenvalue weighted by molar-refractivity contribution is 7.14. The van der Waals surface area contributed by atoms with Gasteiger partial charge in [-0.2, -0.15) is 0 Å². The number of rotatable bonds is 5. The number of aryl methyl sites for hydroxylation is 1. The maximum absolute atomic E-state index is 11.8. The Morgan fingerprint density at radius 1 is 1.04 bits per heavy atom. The average molecular weight is 349 g/mol. The Labute approximate surface area is 150 Å². The number of aromatic nitrogens is 1. The summed E-state index contributed by atoms with van der Waals surface area (Å²) in [6.07, 6.45) is 2.03. The van der Waals surface area contributed by atoms with Gasteiger partial charge in [0.15, 0.2) is 5.13 Å². The minimum absolute atomic E-state index is 0.131. The summed E-state index contributed by atoms with van der Waals surface area (Å²) in [5.74, 6) is 0.347. The second kappa shape index (κ2) is 6.69. The first-order valence-corrected chi connectivity index (χ1v) is 9.26. The molecule has 5 heteroatoms. The molecule has 0 bridgehead atoms. The van der Waals surface area contributed by atoms with Gasteiger partial charge in [0, 0.05) is 28.2 Å². The number of hydrogen-bond acceptors (Lipinski definition) is 4. The quantitative estimate of drug-likeness (QED) is 0.665. The Hall–Kier alpha value is -2.66. The first-order chi connectivity index (χ1) is 12.2. The zero-order valence-electron chi connectivity index (χ0n) is 14.0. The maximum Gasteiger partial charge on any atom is 0.227 e. The van der Waals surface area contributed by atoms with E-state index in [9.17, 15) is 4.79 Å². The lowest BCUT2D eigenvalue weighted by molar-refractivity contribution is -0.117. The lowest BCUT2D eigenvalue weighted by Gasteiger charge is -2.05. The molecule has 0 aliphatic heterocycles. The Balaban J connectivity index is 1.44. The van der Waals surface area contributed by atoms with Crippen molar-refractivity contribution in [1.29, 1.82) is 0 Å². The Morgan fingerprint density at radius 3 is 2.40 bits per heavy atom. The molecule has 2 N–H and O–H groups in total. The number of carbonyl (C=O) groups excluding carboxylic acids is 1. The highest BCUT2D eigenvalue weighted by atomic mass is 32.1. The summed E-state index contributed by atoms with van der Waals surface area (Å²) >= 11 is 1.58. The topological polar surface area (TPSA) is 54.0 Å². The molecule has 4 nitrogen and oxygen atoms in total. The van der Waals surface area contributed by atoms with E-state index in [4.69, 9.17) is 0 Å². The predicted octanol–water partition coefficient (Wildman–Crippen LogP) is 5.21. The molecule has 25 heavy (non-hydrogen) atoms. The molecule has 0 spiro atoms. The molecule has 0 saturated heterocycles. The van der Waals surface area contributed by atoms with Crippen molar-refractivity contribution in [3.8, 4) is 11.3 Å². The van der Waals surface area contributed by atoms with Crippen LogP contribution < -0.4 is 10.6 Å². The molecular weight excluding hydrogens is 330 g/mol. The normalized spacial score (nSPS) is 13.5. The number of nitrogens with zero attached hydrogens (tertiary/aromatic N) is 1. The van der Waals surface area contributed by atoms with Gasteiger partial charge in [0.1, 0.15) is 0 Å². The van der Waals surface area contributed by atoms with Crippen LogP contribution in [0.5, 0.6) is 0 Å². The van der Waals surface area contributed by atoms with Crippen molar-refractivity contribution in [2.75, 3.05) is 10.6 Å². The van der Waals surface area contributed by atoms with Crippen LogP contribution in [0.15, 0.2) is 53.9 Å². The van der Waals surface area contributed by atoms with E-state index < -0.39 is 0 Å². The van der Waals surface area contributed by atoms with E-state index in [1.165, 1.54) is 5.56 Å². The summed E-state index contributed by atoms with van der Waals surface area (Å²) in [5, 5.41) is 9.19. The van der Waals surface area contributed by atoms with Gasteiger partial charge in [0.25, 0.3) is 0 Å². The number of anilines is 3. The number of benzene rings is 2. The van der Waals surface area contributed by atoms with E-state index in [1.54, 1.807) is 11.3 Å². The summed E-state index contributed by atoms with van der Waals surface area (Å²) < 4.78 is 0. The summed E-state index contributed by atoms with van der Waals surface area (Å²) in [6.45, 7) is 2.07. The number of thiazole rings is 1. The third-order valence-corrected chi connectivity index (χ3v) is 4.96. The SMILES string of the molecule is Cc1ccc(Nc2nc(-c3ccc(NC(=O)C4CC4)cc3)cs2)cc1. The highest BCUT2D eigenvalue weighted by Gasteiger charge is 2.29. The second-order valence-corrected chi connectivity index (χ2v) is 7.23. The first-order valence-electron chi connectivity index (χ1n) is 8.38. The van der Waals surface area contributed by atoms with E-state index in [1.807, 2.05) is 41.8 Å². The summed E-state index contributed by atoms with van der Waals surface area (Å²) in [4.78, 5) is 16.4. The standard InChI is InChI=1S/C20H19N3OS/c1-13-2-8-17(9-3-13)22-20-23-18(12-25-20)14-6-10-16(11-7-14)21-19(24)15-4-5-15/h2-3,6-12,15H,4-5H2,1H3,(H,21,24)(H,22,23). The molecule has 1 aromatic heterocycles. The molecule has 1 aliphatic carbocycles. The third-order valence-electron chi connectivity index (χ3n) is 4.20. The fraction of sp³-hybridized carbons (Fsp3) is 0.200. The maximum atomic E-state index is 11.8. The van der Waals surface area contributed by atoms with Crippen molar-refractivity contribution < 1.29 is 4.79 Å². The number of hydrogen-bond donors (Lipinski definition) is 2. The molecule has 4 rings (SSSR count). The fourth-order valence-electron chi connectivity index (χ4n) is 2.54. The molecule has 1 aliphatic rings. The van der Waals surface area contributed by atoms with Crippen LogP contribution in [0.1, 0.15) is 18.4 Å². The minimum atomic E-state index is 0.131. The molecule has 1 heterocycles. The molecular formula is C20H19N3OS. The van der Waals surface area contributed by atoms with Crippen LogP contribution >= 0.6 is 11.3 Å². The van der Waals surface area contributed by atoms with Gasteiger partial charge in [-0.25, -0.2) is 4.98 Å². The predicted molar refractivity (Wildman–Crippen MR) is 103 cm³/mol. The zero-order valence-corrected chi connectivity index (χ0v) is 14.8. The Morgan fingerprint density at radius 2 is 1.72 bits per heavy atom. The van der Waals surface area contributed by atoms with Crippen LogP contribution in [-0.2, 0) is 4.79 Å². The molecule has 0 radical (unpaired) electrons. The van der Waals surface area contributed by atoms with Gasteiger partial charge < -0.3 is 10.6 Å². The van der Waals surface area contributed by atoms with Crippen molar-refractivity contribution >= 4 is 33.8 Å². The molecule has 3 aromatic rings. The highest BCUT2D eigenvalue weighted by Crippen LogP contribution is 2.31. The lowest BCUT2D eigenvalue weighted by Crippen LogP contribution is -2.12. The van der Waals surface area contributed by atoms with E-state index in [0.717, 1.165) is 40.6 Å². The van der Waals surface area contributed by atoms with Crippen LogP contribution in [0.2, 0.25) is 0 Å². The molecule has 1 amide bonds.